The molecule has 0 saturated heterocycles. The van der Waals surface area contributed by atoms with E-state index in [0.717, 1.165) is 67.1 Å². The smallest absolute Gasteiger partial charge is 0.135 e. The summed E-state index contributed by atoms with van der Waals surface area (Å²) in [4.78, 5) is 9.69. The monoisotopic (exact) mass is 1120 g/mol. The van der Waals surface area contributed by atoms with Crippen molar-refractivity contribution in [1.29, 1.82) is 0 Å². The summed E-state index contributed by atoms with van der Waals surface area (Å²) in [7, 11) is 0. The zero-order chi connectivity index (χ0) is 54.5. The number of fused-ring (bicyclic) bond motifs is 6. The third-order valence-electron chi connectivity index (χ3n) is 15.5. The summed E-state index contributed by atoms with van der Waals surface area (Å²) in [6, 6.07) is 73.4. The Morgan fingerprint density at radius 1 is 0.443 bits per heavy atom. The van der Waals surface area contributed by atoms with Gasteiger partial charge in [-0.1, -0.05) is 191 Å². The second-order valence-electron chi connectivity index (χ2n) is 25.1. The van der Waals surface area contributed by atoms with Gasteiger partial charge in [-0.2, -0.15) is 12.1 Å². The van der Waals surface area contributed by atoms with E-state index in [1.54, 1.807) is 0 Å². The fourth-order valence-electron chi connectivity index (χ4n) is 11.1. The summed E-state index contributed by atoms with van der Waals surface area (Å²) >= 11 is 0. The van der Waals surface area contributed by atoms with Crippen LogP contribution in [-0.4, -0.2) is 14.1 Å². The molecule has 3 aromatic heterocycles. The van der Waals surface area contributed by atoms with Gasteiger partial charge in [0.05, 0.1) is 11.0 Å². The first-order chi connectivity index (χ1) is 37.2. The maximum atomic E-state index is 6.89. The van der Waals surface area contributed by atoms with Crippen molar-refractivity contribution < 1.29 is 25.2 Å². The fourth-order valence-corrected chi connectivity index (χ4v) is 11.1. The number of ether oxygens (including phenoxy) is 1. The van der Waals surface area contributed by atoms with Crippen LogP contribution in [0.5, 0.6) is 11.5 Å². The van der Waals surface area contributed by atoms with E-state index in [1.807, 2.05) is 18.3 Å². The average Bonchev–Trinajstić information content (AvgIpc) is 4.30. The van der Waals surface area contributed by atoms with Crippen LogP contribution in [0.3, 0.4) is 0 Å². The predicted octanol–water partition coefficient (Wildman–Crippen LogP) is 19.4. The molecule has 79 heavy (non-hydrogen) atoms. The van der Waals surface area contributed by atoms with Crippen LogP contribution in [0.25, 0.3) is 66.6 Å². The molecule has 0 atom stereocenters. The van der Waals surface area contributed by atoms with Gasteiger partial charge >= 0.3 is 0 Å². The normalized spacial score (nSPS) is 13.1. The molecule has 0 aliphatic carbocycles. The molecule has 6 nitrogen and oxygen atoms in total. The Hall–Kier alpha value is -7.69. The van der Waals surface area contributed by atoms with Gasteiger partial charge in [-0.15, -0.1) is 42.7 Å². The van der Waals surface area contributed by atoms with Crippen molar-refractivity contribution in [3.63, 3.8) is 0 Å². The second-order valence-corrected chi connectivity index (χ2v) is 25.1. The summed E-state index contributed by atoms with van der Waals surface area (Å²) in [6.45, 7) is 29.6. The van der Waals surface area contributed by atoms with Crippen LogP contribution in [-0.2, 0) is 42.1 Å². The Morgan fingerprint density at radius 3 is 1.59 bits per heavy atom. The molecule has 0 radical (unpaired) electrons. The number of rotatable bonds is 8. The van der Waals surface area contributed by atoms with Crippen LogP contribution >= 0.6 is 0 Å². The Balaban J connectivity index is 0.00000660. The van der Waals surface area contributed by atoms with Crippen molar-refractivity contribution in [3.8, 4) is 45.3 Å². The van der Waals surface area contributed by atoms with Crippen molar-refractivity contribution in [2.24, 2.45) is 0 Å². The fraction of sp³-hybridized carbons (Fsp3) is 0.222. The molecule has 0 amide bonds. The SMILES string of the molecule is CC(C)(C)c1ccc(-c2cc(C(C)(C)C)cc(-c3ccc(C(C)(C)C)cc3)c2N2[CH-]N(c3[c-]c(Oc4[c-]c5c(cc4)c4c(c6ccccc6n4-c4ccccc4)n5-c4cc(C(C)(C)C)ccn4)ccc3)c3ccccc32)cc1.[Pd]. The summed E-state index contributed by atoms with van der Waals surface area (Å²) in [5.41, 5.74) is 18.9. The molecule has 0 spiro atoms. The molecule has 0 unspecified atom stereocenters. The number of nitrogens with zero attached hydrogens (tertiary/aromatic N) is 5. The van der Waals surface area contributed by atoms with Crippen LogP contribution in [0.1, 0.15) is 105 Å². The van der Waals surface area contributed by atoms with Gasteiger partial charge in [0.2, 0.25) is 0 Å². The Kier molecular flexibility index (Phi) is 13.4. The maximum absolute atomic E-state index is 6.89. The molecule has 4 heterocycles. The van der Waals surface area contributed by atoms with Crippen LogP contribution < -0.4 is 14.5 Å². The predicted molar refractivity (Wildman–Crippen MR) is 327 cm³/mol. The molecule has 0 bridgehead atoms. The molecular weight excluding hydrogens is 1060 g/mol. The van der Waals surface area contributed by atoms with E-state index in [9.17, 15) is 0 Å². The van der Waals surface area contributed by atoms with E-state index in [-0.39, 0.29) is 42.1 Å². The zero-order valence-electron chi connectivity index (χ0n) is 47.4. The number of hydrogen-bond donors (Lipinski definition) is 0. The van der Waals surface area contributed by atoms with Gasteiger partial charge in [-0.05, 0) is 110 Å². The van der Waals surface area contributed by atoms with Gasteiger partial charge in [0.1, 0.15) is 5.82 Å². The summed E-state index contributed by atoms with van der Waals surface area (Å²) < 4.78 is 11.5. The maximum Gasteiger partial charge on any atom is 0.135 e. The molecule has 400 valence electrons. The Morgan fingerprint density at radius 2 is 0.987 bits per heavy atom. The van der Waals surface area contributed by atoms with E-state index < -0.39 is 0 Å². The molecule has 0 saturated carbocycles. The molecule has 1 aliphatic heterocycles. The van der Waals surface area contributed by atoms with Crippen molar-refractivity contribution in [2.45, 2.75) is 105 Å². The van der Waals surface area contributed by atoms with E-state index in [4.69, 9.17) is 9.72 Å². The molecule has 1 aliphatic rings. The molecule has 12 rings (SSSR count). The van der Waals surface area contributed by atoms with Crippen LogP contribution in [0.15, 0.2) is 188 Å². The number of benzene rings is 8. The standard InChI is InChI=1S/C72H68N5O.Pd/c1-69(2,3)49-33-29-47(30-34-49)59-41-52(72(10,11)12)42-60(48-31-35-50(36-32-48)70(4,5)6)66(59)75-46-74(62-27-18-19-28-63(62)75)54-23-20-24-55(44-54)78-56-37-38-58-64(45-56)77(65-43-51(39-40-73-65)71(7,8)9)68-57-25-16-17-26-61(57)76(67(58)68)53-21-14-13-15-22-53;/h13-43,46H,1-12H3;/q-3;. The first-order valence-electron chi connectivity index (χ1n) is 27.4. The summed E-state index contributed by atoms with van der Waals surface area (Å²) in [5, 5.41) is 2.18. The molecular formula is C72H68N5OPd-3. The van der Waals surface area contributed by atoms with Crippen LogP contribution in [0.2, 0.25) is 0 Å². The zero-order valence-corrected chi connectivity index (χ0v) is 49.0. The Labute approximate surface area is 481 Å². The van der Waals surface area contributed by atoms with Crippen LogP contribution in [0, 0.1) is 18.8 Å². The largest absolute Gasteiger partial charge is 0.509 e. The van der Waals surface area contributed by atoms with E-state index >= 15 is 0 Å². The minimum absolute atomic E-state index is 0. The van der Waals surface area contributed by atoms with Gasteiger partial charge < -0.3 is 23.7 Å². The quantitative estimate of drug-likeness (QED) is 0.112. The molecule has 0 N–H and O–H groups in total. The van der Waals surface area contributed by atoms with Crippen molar-refractivity contribution in [1.82, 2.24) is 14.1 Å². The van der Waals surface area contributed by atoms with Gasteiger partial charge in [-0.25, -0.2) is 4.98 Å². The van der Waals surface area contributed by atoms with Crippen LogP contribution in [0.4, 0.5) is 22.7 Å². The molecule has 0 fully saturated rings. The topological polar surface area (TPSA) is 38.5 Å². The molecule has 11 aromatic rings. The third-order valence-corrected chi connectivity index (χ3v) is 15.5. The van der Waals surface area contributed by atoms with Gasteiger partial charge in [0.15, 0.2) is 0 Å². The second kappa shape index (κ2) is 19.9. The van der Waals surface area contributed by atoms with Crippen molar-refractivity contribution in [2.75, 3.05) is 9.80 Å². The number of hydrogen-bond acceptors (Lipinski definition) is 4. The first kappa shape index (κ1) is 53.3. The van der Waals surface area contributed by atoms with E-state index in [1.165, 1.54) is 44.5 Å². The minimum Gasteiger partial charge on any atom is -0.509 e. The van der Waals surface area contributed by atoms with E-state index in [2.05, 4.69) is 291 Å². The summed E-state index contributed by atoms with van der Waals surface area (Å²) in [6.07, 6.45) is 1.93. The van der Waals surface area contributed by atoms with Crippen molar-refractivity contribution in [3.05, 3.63) is 229 Å². The number of anilines is 4. The minimum atomic E-state index is -0.111. The Bertz CT molecular complexity index is 3990. The van der Waals surface area contributed by atoms with Gasteiger partial charge in [-0.3, -0.25) is 0 Å². The number of pyridine rings is 1. The third kappa shape index (κ3) is 9.76. The molecule has 8 aromatic carbocycles. The van der Waals surface area contributed by atoms with Gasteiger partial charge in [0.25, 0.3) is 0 Å². The number of para-hydroxylation sites is 4. The van der Waals surface area contributed by atoms with Gasteiger partial charge in [0, 0.05) is 82.9 Å². The average molecular weight is 1130 g/mol. The van der Waals surface area contributed by atoms with Crippen molar-refractivity contribution >= 4 is 55.6 Å². The number of aromatic nitrogens is 3. The summed E-state index contributed by atoms with van der Waals surface area (Å²) in [5.74, 6) is 1.99. The first-order valence-corrected chi connectivity index (χ1v) is 27.4. The van der Waals surface area contributed by atoms with E-state index in [0.29, 0.717) is 11.5 Å². The molecule has 7 heteroatoms.